The molecule has 174 valence electrons. The normalized spacial score (nSPS) is 12.5. The zero-order valence-corrected chi connectivity index (χ0v) is 18.8. The van der Waals surface area contributed by atoms with Crippen molar-refractivity contribution in [3.8, 4) is 11.5 Å². The van der Waals surface area contributed by atoms with E-state index < -0.39 is 0 Å². The first-order valence-corrected chi connectivity index (χ1v) is 11.0. The smallest absolute Gasteiger partial charge is 0.265 e. The van der Waals surface area contributed by atoms with Crippen LogP contribution in [0.4, 0.5) is 5.69 Å². The molecule has 1 N–H and O–H groups in total. The van der Waals surface area contributed by atoms with Crippen molar-refractivity contribution in [2.45, 2.75) is 19.9 Å². The molecule has 0 aliphatic carbocycles. The lowest BCUT2D eigenvalue weighted by Gasteiger charge is -2.29. The molecule has 2 heterocycles. The fraction of sp³-hybridized carbons (Fsp3) is 0.231. The maximum Gasteiger partial charge on any atom is 0.265 e. The molecule has 8 heteroatoms. The molecule has 0 radical (unpaired) electrons. The van der Waals surface area contributed by atoms with Crippen LogP contribution >= 0.6 is 0 Å². The molecule has 8 nitrogen and oxygen atoms in total. The number of anilines is 1. The van der Waals surface area contributed by atoms with Gasteiger partial charge in [0.15, 0.2) is 19.0 Å². The molecule has 2 amide bonds. The van der Waals surface area contributed by atoms with Gasteiger partial charge in [-0.1, -0.05) is 19.1 Å². The maximum atomic E-state index is 12.8. The van der Waals surface area contributed by atoms with Crippen LogP contribution in [0.5, 0.6) is 11.5 Å². The number of carbonyl (C=O) groups excluding carboxylic acids is 3. The third-order valence-electron chi connectivity index (χ3n) is 5.44. The van der Waals surface area contributed by atoms with Crippen molar-refractivity contribution in [1.29, 1.82) is 0 Å². The van der Waals surface area contributed by atoms with E-state index in [4.69, 9.17) is 9.47 Å². The van der Waals surface area contributed by atoms with E-state index in [0.717, 1.165) is 17.5 Å². The van der Waals surface area contributed by atoms with E-state index in [-0.39, 0.29) is 37.4 Å². The van der Waals surface area contributed by atoms with Gasteiger partial charge in [0.05, 0.1) is 5.69 Å². The summed E-state index contributed by atoms with van der Waals surface area (Å²) in [6, 6.07) is 16.0. The number of carbonyl (C=O) groups is 3. The van der Waals surface area contributed by atoms with Crippen molar-refractivity contribution >= 4 is 23.3 Å². The highest BCUT2D eigenvalue weighted by Crippen LogP contribution is 2.33. The minimum atomic E-state index is -0.358. The van der Waals surface area contributed by atoms with E-state index in [1.807, 2.05) is 25.1 Å². The number of nitrogens with zero attached hydrogens (tertiary/aromatic N) is 2. The summed E-state index contributed by atoms with van der Waals surface area (Å²) >= 11 is 0. The van der Waals surface area contributed by atoms with Crippen LogP contribution in [0.2, 0.25) is 0 Å². The first-order chi connectivity index (χ1) is 16.5. The van der Waals surface area contributed by atoms with Gasteiger partial charge < -0.3 is 14.8 Å². The molecular weight excluding hydrogens is 434 g/mol. The molecule has 4 rings (SSSR count). The number of benzene rings is 2. The van der Waals surface area contributed by atoms with Gasteiger partial charge in [-0.25, -0.2) is 0 Å². The second-order valence-electron chi connectivity index (χ2n) is 7.80. The summed E-state index contributed by atoms with van der Waals surface area (Å²) in [7, 11) is 0. The van der Waals surface area contributed by atoms with E-state index in [2.05, 4.69) is 10.3 Å². The molecule has 1 aliphatic heterocycles. The Morgan fingerprint density at radius 2 is 1.91 bits per heavy atom. The molecule has 0 atom stereocenters. The minimum absolute atomic E-state index is 0.146. The van der Waals surface area contributed by atoms with Gasteiger partial charge in [-0.3, -0.25) is 24.3 Å². The Morgan fingerprint density at radius 1 is 1.09 bits per heavy atom. The van der Waals surface area contributed by atoms with Crippen molar-refractivity contribution < 1.29 is 23.9 Å². The Balaban J connectivity index is 1.43. The van der Waals surface area contributed by atoms with Gasteiger partial charge in [0.25, 0.3) is 5.91 Å². The van der Waals surface area contributed by atoms with Crippen molar-refractivity contribution in [3.05, 3.63) is 83.7 Å². The number of rotatable bonds is 9. The second kappa shape index (κ2) is 10.6. The van der Waals surface area contributed by atoms with Crippen molar-refractivity contribution in [2.75, 3.05) is 24.7 Å². The molecule has 1 aromatic heterocycles. The number of nitrogens with one attached hydrogen (secondary N) is 1. The van der Waals surface area contributed by atoms with Gasteiger partial charge in [-0.05, 0) is 60.0 Å². The lowest BCUT2D eigenvalue weighted by Crippen LogP contribution is -2.45. The van der Waals surface area contributed by atoms with Gasteiger partial charge in [-0.2, -0.15) is 0 Å². The Kier molecular flexibility index (Phi) is 7.17. The summed E-state index contributed by atoms with van der Waals surface area (Å²) in [4.78, 5) is 43.1. The summed E-state index contributed by atoms with van der Waals surface area (Å²) < 4.78 is 11.2. The fourth-order valence-electron chi connectivity index (χ4n) is 3.54. The van der Waals surface area contributed by atoms with Gasteiger partial charge in [0.2, 0.25) is 5.91 Å². The van der Waals surface area contributed by atoms with Crippen molar-refractivity contribution in [3.63, 3.8) is 0 Å². The van der Waals surface area contributed by atoms with Crippen LogP contribution in [0.3, 0.4) is 0 Å². The first-order valence-electron chi connectivity index (χ1n) is 11.0. The van der Waals surface area contributed by atoms with Gasteiger partial charge in [0.1, 0.15) is 18.0 Å². The van der Waals surface area contributed by atoms with E-state index in [1.54, 1.807) is 48.8 Å². The monoisotopic (exact) mass is 459 g/mol. The van der Waals surface area contributed by atoms with E-state index in [1.165, 1.54) is 4.90 Å². The van der Waals surface area contributed by atoms with Gasteiger partial charge in [-0.15, -0.1) is 0 Å². The number of ketones is 1. The zero-order valence-electron chi connectivity index (χ0n) is 18.8. The highest BCUT2D eigenvalue weighted by Gasteiger charge is 2.28. The van der Waals surface area contributed by atoms with Gasteiger partial charge >= 0.3 is 0 Å². The number of fused-ring (bicyclic) bond motifs is 1. The molecular formula is C26H25N3O5. The number of hydrogen-bond donors (Lipinski definition) is 1. The van der Waals surface area contributed by atoms with Crippen LogP contribution in [0.25, 0.3) is 0 Å². The maximum absolute atomic E-state index is 12.8. The van der Waals surface area contributed by atoms with Crippen molar-refractivity contribution in [2.24, 2.45) is 0 Å². The van der Waals surface area contributed by atoms with Gasteiger partial charge in [0, 0.05) is 24.5 Å². The molecule has 0 spiro atoms. The third-order valence-corrected chi connectivity index (χ3v) is 5.44. The zero-order chi connectivity index (χ0) is 23.9. The van der Waals surface area contributed by atoms with Crippen LogP contribution in [0.1, 0.15) is 28.4 Å². The molecule has 0 fully saturated rings. The van der Waals surface area contributed by atoms with E-state index in [0.29, 0.717) is 29.3 Å². The van der Waals surface area contributed by atoms with Crippen LogP contribution in [0.15, 0.2) is 67.0 Å². The molecule has 3 aromatic rings. The number of amides is 2. The number of pyridine rings is 1. The summed E-state index contributed by atoms with van der Waals surface area (Å²) in [5.41, 5.74) is 2.77. The average Bonchev–Trinajstić information content (AvgIpc) is 2.88. The Bertz CT molecular complexity index is 1200. The minimum Gasteiger partial charge on any atom is -0.485 e. The van der Waals surface area contributed by atoms with Crippen LogP contribution in [-0.2, 0) is 22.6 Å². The predicted octanol–water partition coefficient (Wildman–Crippen LogP) is 2.95. The Hall–Kier alpha value is -4.20. The molecule has 34 heavy (non-hydrogen) atoms. The van der Waals surface area contributed by atoms with Crippen LogP contribution in [-0.4, -0.2) is 42.3 Å². The van der Waals surface area contributed by atoms with Crippen LogP contribution in [0, 0.1) is 0 Å². The summed E-state index contributed by atoms with van der Waals surface area (Å²) in [5, 5.41) is 2.79. The third kappa shape index (κ3) is 5.58. The topological polar surface area (TPSA) is 97.8 Å². The van der Waals surface area contributed by atoms with E-state index in [9.17, 15) is 14.4 Å². The number of aromatic nitrogens is 1. The number of Topliss-reactive ketones (excluding diaryl/α,β-unsaturated/α-hetero) is 1. The lowest BCUT2D eigenvalue weighted by molar-refractivity contribution is -0.125. The molecule has 2 aromatic carbocycles. The summed E-state index contributed by atoms with van der Waals surface area (Å²) in [6.45, 7) is 1.87. The number of aryl methyl sites for hydroxylation is 1. The molecule has 0 saturated carbocycles. The second-order valence-corrected chi connectivity index (χ2v) is 7.80. The summed E-state index contributed by atoms with van der Waals surface area (Å²) in [6.07, 6.45) is 4.16. The van der Waals surface area contributed by atoms with E-state index >= 15 is 0 Å². The van der Waals surface area contributed by atoms with Crippen molar-refractivity contribution in [1.82, 2.24) is 10.3 Å². The summed E-state index contributed by atoms with van der Waals surface area (Å²) in [5.74, 6) is 0.133. The standard InChI is InChI=1S/C26H25N3O5/c1-2-18-4-3-5-21(12-18)33-16-23(30)20-6-7-24-22(13-20)29(26(32)17-34-24)15-25(31)28-14-19-8-10-27-11-9-19/h3-13H,2,14-17H2,1H3,(H,28,31). The van der Waals surface area contributed by atoms with Crippen LogP contribution < -0.4 is 19.7 Å². The largest absolute Gasteiger partial charge is 0.485 e. The molecule has 0 unspecified atom stereocenters. The highest BCUT2D eigenvalue weighted by atomic mass is 16.5. The highest BCUT2D eigenvalue weighted by molar-refractivity contribution is 6.04. The predicted molar refractivity (Wildman–Crippen MR) is 126 cm³/mol. The molecule has 0 saturated heterocycles. The Morgan fingerprint density at radius 3 is 2.71 bits per heavy atom. The molecule has 1 aliphatic rings. The molecule has 0 bridgehead atoms. The lowest BCUT2D eigenvalue weighted by atomic mass is 10.1. The number of ether oxygens (including phenoxy) is 2. The fourth-order valence-corrected chi connectivity index (χ4v) is 3.54. The average molecular weight is 460 g/mol. The Labute approximate surface area is 197 Å². The quantitative estimate of drug-likeness (QED) is 0.494. The first kappa shape index (κ1) is 23.0. The SMILES string of the molecule is CCc1cccc(OCC(=O)c2ccc3c(c2)N(CC(=O)NCc2ccncc2)C(=O)CO3)c1. The number of hydrogen-bond acceptors (Lipinski definition) is 6.